The van der Waals surface area contributed by atoms with Gasteiger partial charge in [0.05, 0.1) is 6.04 Å². The smallest absolute Gasteiger partial charge is 0.126 e. The third-order valence-electron chi connectivity index (χ3n) is 3.12. The van der Waals surface area contributed by atoms with Gasteiger partial charge < -0.3 is 5.73 Å². The zero-order valence-corrected chi connectivity index (χ0v) is 10.4. The molecule has 1 atom stereocenters. The summed E-state index contributed by atoms with van der Waals surface area (Å²) in [5.74, 6) is -0.577. The first-order valence-electron chi connectivity index (χ1n) is 5.76. The number of benzene rings is 2. The maximum absolute atomic E-state index is 13.3. The number of halogens is 2. The molecule has 0 radical (unpaired) electrons. The molecule has 0 bridgehead atoms. The monoisotopic (exact) mass is 247 g/mol. The van der Waals surface area contributed by atoms with Crippen molar-refractivity contribution in [3.63, 3.8) is 0 Å². The van der Waals surface area contributed by atoms with E-state index in [1.165, 1.54) is 18.2 Å². The van der Waals surface area contributed by atoms with E-state index in [1.807, 2.05) is 6.92 Å². The minimum Gasteiger partial charge on any atom is -0.320 e. The Morgan fingerprint density at radius 2 is 1.67 bits per heavy atom. The Morgan fingerprint density at radius 3 is 2.33 bits per heavy atom. The van der Waals surface area contributed by atoms with Crippen LogP contribution in [0, 0.1) is 25.5 Å². The molecule has 2 rings (SSSR count). The number of nitrogens with two attached hydrogens (primary N) is 1. The second kappa shape index (κ2) is 4.86. The summed E-state index contributed by atoms with van der Waals surface area (Å²) in [5, 5.41) is 0. The molecule has 18 heavy (non-hydrogen) atoms. The van der Waals surface area contributed by atoms with Crippen molar-refractivity contribution in [1.29, 1.82) is 0 Å². The summed E-state index contributed by atoms with van der Waals surface area (Å²) in [6.45, 7) is 3.56. The van der Waals surface area contributed by atoms with E-state index < -0.39 is 6.04 Å². The van der Waals surface area contributed by atoms with Crippen molar-refractivity contribution in [3.05, 3.63) is 70.3 Å². The van der Waals surface area contributed by atoms with Gasteiger partial charge >= 0.3 is 0 Å². The van der Waals surface area contributed by atoms with E-state index in [2.05, 4.69) is 0 Å². The van der Waals surface area contributed by atoms with Crippen LogP contribution in [0.4, 0.5) is 8.78 Å². The fourth-order valence-electron chi connectivity index (χ4n) is 1.99. The maximum Gasteiger partial charge on any atom is 0.126 e. The van der Waals surface area contributed by atoms with Gasteiger partial charge in [-0.3, -0.25) is 0 Å². The standard InChI is InChI=1S/C15H15F2N/c1-9-3-5-12(16)8-13(9)15(18)11-4-6-14(17)10(2)7-11/h3-8,15H,18H2,1-2H3. The molecule has 94 valence electrons. The molecule has 2 N–H and O–H groups in total. The summed E-state index contributed by atoms with van der Waals surface area (Å²) in [7, 11) is 0. The Balaban J connectivity index is 2.44. The van der Waals surface area contributed by atoms with Gasteiger partial charge in [-0.25, -0.2) is 8.78 Å². The first kappa shape index (κ1) is 12.7. The van der Waals surface area contributed by atoms with Crippen LogP contribution in [0.1, 0.15) is 28.3 Å². The molecule has 0 spiro atoms. The topological polar surface area (TPSA) is 26.0 Å². The van der Waals surface area contributed by atoms with Gasteiger partial charge in [0.15, 0.2) is 0 Å². The van der Waals surface area contributed by atoms with E-state index >= 15 is 0 Å². The van der Waals surface area contributed by atoms with Crippen LogP contribution in [-0.4, -0.2) is 0 Å². The molecule has 2 aromatic carbocycles. The third kappa shape index (κ3) is 2.41. The fourth-order valence-corrected chi connectivity index (χ4v) is 1.99. The van der Waals surface area contributed by atoms with E-state index in [0.29, 0.717) is 5.56 Å². The Bertz CT molecular complexity index is 579. The lowest BCUT2D eigenvalue weighted by molar-refractivity contribution is 0.615. The molecule has 0 heterocycles. The van der Waals surface area contributed by atoms with Crippen LogP contribution in [0.5, 0.6) is 0 Å². The number of aryl methyl sites for hydroxylation is 2. The predicted octanol–water partition coefficient (Wildman–Crippen LogP) is 3.63. The summed E-state index contributed by atoms with van der Waals surface area (Å²) in [5.41, 5.74) is 9.08. The van der Waals surface area contributed by atoms with E-state index in [-0.39, 0.29) is 11.6 Å². The van der Waals surface area contributed by atoms with Gasteiger partial charge in [0.25, 0.3) is 0 Å². The van der Waals surface area contributed by atoms with Gasteiger partial charge in [0.1, 0.15) is 11.6 Å². The van der Waals surface area contributed by atoms with Crippen molar-refractivity contribution in [2.24, 2.45) is 5.73 Å². The van der Waals surface area contributed by atoms with Crippen molar-refractivity contribution >= 4 is 0 Å². The molecular weight excluding hydrogens is 232 g/mol. The minimum atomic E-state index is -0.444. The van der Waals surface area contributed by atoms with Crippen LogP contribution in [0.25, 0.3) is 0 Å². The molecule has 0 aromatic heterocycles. The lowest BCUT2D eigenvalue weighted by atomic mass is 9.94. The number of rotatable bonds is 2. The highest BCUT2D eigenvalue weighted by Gasteiger charge is 2.13. The summed E-state index contributed by atoms with van der Waals surface area (Å²) in [4.78, 5) is 0. The van der Waals surface area contributed by atoms with Crippen molar-refractivity contribution in [2.45, 2.75) is 19.9 Å². The SMILES string of the molecule is Cc1cc(C(N)c2cc(F)ccc2C)ccc1F. The molecule has 2 aromatic rings. The zero-order valence-electron chi connectivity index (χ0n) is 10.4. The molecular formula is C15H15F2N. The van der Waals surface area contributed by atoms with Gasteiger partial charge in [0.2, 0.25) is 0 Å². The highest BCUT2D eigenvalue weighted by atomic mass is 19.1. The Hall–Kier alpha value is -1.74. The molecule has 0 aliphatic heterocycles. The largest absolute Gasteiger partial charge is 0.320 e. The molecule has 0 saturated carbocycles. The highest BCUT2D eigenvalue weighted by Crippen LogP contribution is 2.24. The van der Waals surface area contributed by atoms with Crippen LogP contribution in [0.2, 0.25) is 0 Å². The Labute approximate surface area is 105 Å². The maximum atomic E-state index is 13.3. The van der Waals surface area contributed by atoms with Gasteiger partial charge in [0, 0.05) is 0 Å². The lowest BCUT2D eigenvalue weighted by Crippen LogP contribution is -2.14. The minimum absolute atomic E-state index is 0.262. The van der Waals surface area contributed by atoms with Gasteiger partial charge in [-0.15, -0.1) is 0 Å². The van der Waals surface area contributed by atoms with Crippen LogP contribution >= 0.6 is 0 Å². The normalized spacial score (nSPS) is 12.5. The predicted molar refractivity (Wildman–Crippen MR) is 68.3 cm³/mol. The first-order chi connectivity index (χ1) is 8.49. The average molecular weight is 247 g/mol. The lowest BCUT2D eigenvalue weighted by Gasteiger charge is -2.16. The molecule has 0 fully saturated rings. The molecule has 3 heteroatoms. The second-order valence-corrected chi connectivity index (χ2v) is 4.49. The molecule has 0 aliphatic carbocycles. The van der Waals surface area contributed by atoms with Gasteiger partial charge in [-0.2, -0.15) is 0 Å². The molecule has 0 aliphatic rings. The molecule has 0 saturated heterocycles. The van der Waals surface area contributed by atoms with E-state index in [1.54, 1.807) is 25.1 Å². The van der Waals surface area contributed by atoms with Crippen molar-refractivity contribution < 1.29 is 8.78 Å². The summed E-state index contributed by atoms with van der Waals surface area (Å²) in [6, 6.07) is 8.81. The first-order valence-corrected chi connectivity index (χ1v) is 5.76. The summed E-state index contributed by atoms with van der Waals surface area (Å²) >= 11 is 0. The summed E-state index contributed by atoms with van der Waals surface area (Å²) < 4.78 is 26.5. The van der Waals surface area contributed by atoms with Gasteiger partial charge in [-0.05, 0) is 54.3 Å². The van der Waals surface area contributed by atoms with Crippen molar-refractivity contribution in [1.82, 2.24) is 0 Å². The molecule has 1 nitrogen and oxygen atoms in total. The highest BCUT2D eigenvalue weighted by molar-refractivity contribution is 5.38. The molecule has 1 unspecified atom stereocenters. The Morgan fingerprint density at radius 1 is 0.944 bits per heavy atom. The summed E-state index contributed by atoms with van der Waals surface area (Å²) in [6.07, 6.45) is 0. The number of hydrogen-bond acceptors (Lipinski definition) is 1. The number of hydrogen-bond donors (Lipinski definition) is 1. The average Bonchev–Trinajstić information content (AvgIpc) is 2.35. The van der Waals surface area contributed by atoms with Crippen LogP contribution in [-0.2, 0) is 0 Å². The Kier molecular flexibility index (Phi) is 3.43. The van der Waals surface area contributed by atoms with Gasteiger partial charge in [-0.1, -0.05) is 18.2 Å². The van der Waals surface area contributed by atoms with E-state index in [0.717, 1.165) is 16.7 Å². The molecule has 0 amide bonds. The van der Waals surface area contributed by atoms with E-state index in [4.69, 9.17) is 5.73 Å². The van der Waals surface area contributed by atoms with Crippen LogP contribution in [0.15, 0.2) is 36.4 Å². The van der Waals surface area contributed by atoms with Crippen molar-refractivity contribution in [2.75, 3.05) is 0 Å². The quantitative estimate of drug-likeness (QED) is 0.861. The second-order valence-electron chi connectivity index (χ2n) is 4.49. The van der Waals surface area contributed by atoms with Crippen LogP contribution in [0.3, 0.4) is 0 Å². The zero-order chi connectivity index (χ0) is 13.3. The van der Waals surface area contributed by atoms with Crippen molar-refractivity contribution in [3.8, 4) is 0 Å². The van der Waals surface area contributed by atoms with Crippen LogP contribution < -0.4 is 5.73 Å². The third-order valence-corrected chi connectivity index (χ3v) is 3.12. The van der Waals surface area contributed by atoms with E-state index in [9.17, 15) is 8.78 Å². The fraction of sp³-hybridized carbons (Fsp3) is 0.200.